The van der Waals surface area contributed by atoms with E-state index in [2.05, 4.69) is 18.6 Å². The van der Waals surface area contributed by atoms with E-state index in [9.17, 15) is 13.2 Å². The molecule has 1 unspecified atom stereocenters. The number of carbonyl (C=O) groups excluding carboxylic acids is 1. The van der Waals surface area contributed by atoms with Crippen molar-refractivity contribution in [1.29, 1.82) is 0 Å². The van der Waals surface area contributed by atoms with Gasteiger partial charge < -0.3 is 15.2 Å². The summed E-state index contributed by atoms with van der Waals surface area (Å²) in [5, 5.41) is 0. The number of sulfonamides is 1. The van der Waals surface area contributed by atoms with Crippen molar-refractivity contribution in [3.05, 3.63) is 53.3 Å². The van der Waals surface area contributed by atoms with E-state index in [-0.39, 0.29) is 17.3 Å². The third-order valence-electron chi connectivity index (χ3n) is 4.44. The average Bonchev–Trinajstić information content (AvgIpc) is 3.01. The molecule has 1 aromatic heterocycles. The van der Waals surface area contributed by atoms with Crippen molar-refractivity contribution in [3.63, 3.8) is 0 Å². The summed E-state index contributed by atoms with van der Waals surface area (Å²) in [5.41, 5.74) is 8.50. The molecule has 27 heavy (non-hydrogen) atoms. The summed E-state index contributed by atoms with van der Waals surface area (Å²) in [6, 6.07) is 8.76. The first kappa shape index (κ1) is 21.1. The van der Waals surface area contributed by atoms with Gasteiger partial charge in [0.05, 0.1) is 0 Å². The first-order chi connectivity index (χ1) is 12.5. The molecule has 2 rings (SSSR count). The highest BCUT2D eigenvalue weighted by atomic mass is 32.2. The highest BCUT2D eigenvalue weighted by Crippen LogP contribution is 2.19. The van der Waals surface area contributed by atoms with Crippen molar-refractivity contribution in [1.82, 2.24) is 14.2 Å². The highest BCUT2D eigenvalue weighted by Gasteiger charge is 2.22. The zero-order valence-corrected chi connectivity index (χ0v) is 17.2. The monoisotopic (exact) mass is 392 g/mol. The third kappa shape index (κ3) is 4.97. The first-order valence-electron chi connectivity index (χ1n) is 8.76. The largest absolute Gasteiger partial charge is 0.345 e. The molecule has 1 amide bonds. The molecule has 0 fully saturated rings. The fourth-order valence-corrected chi connectivity index (χ4v) is 3.78. The lowest BCUT2D eigenvalue weighted by Crippen LogP contribution is -2.31. The van der Waals surface area contributed by atoms with Gasteiger partial charge in [0.1, 0.15) is 10.6 Å². The van der Waals surface area contributed by atoms with Crippen LogP contribution in [0.15, 0.2) is 41.4 Å². The van der Waals surface area contributed by atoms with E-state index in [1.54, 1.807) is 21.1 Å². The number of amides is 1. The molecule has 0 spiro atoms. The predicted molar refractivity (Wildman–Crippen MR) is 106 cm³/mol. The number of aryl methyl sites for hydroxylation is 1. The number of carbonyl (C=O) groups is 1. The van der Waals surface area contributed by atoms with Crippen LogP contribution in [-0.4, -0.2) is 44.4 Å². The highest BCUT2D eigenvalue weighted by molar-refractivity contribution is 7.89. The molecule has 0 radical (unpaired) electrons. The van der Waals surface area contributed by atoms with Crippen LogP contribution in [-0.2, 0) is 17.1 Å². The van der Waals surface area contributed by atoms with Crippen molar-refractivity contribution >= 4 is 15.9 Å². The minimum absolute atomic E-state index is 0.0394. The fraction of sp³-hybridized carbons (Fsp3) is 0.421. The number of hydrogen-bond acceptors (Lipinski definition) is 4. The van der Waals surface area contributed by atoms with Crippen LogP contribution in [0.4, 0.5) is 0 Å². The minimum Gasteiger partial charge on any atom is -0.345 e. The van der Waals surface area contributed by atoms with Crippen LogP contribution in [0.3, 0.4) is 0 Å². The minimum atomic E-state index is -3.77. The molecule has 2 aromatic rings. The van der Waals surface area contributed by atoms with Gasteiger partial charge in [-0.3, -0.25) is 4.79 Å². The van der Waals surface area contributed by atoms with Gasteiger partial charge in [0, 0.05) is 39.9 Å². The van der Waals surface area contributed by atoms with Crippen LogP contribution in [0.1, 0.15) is 47.4 Å². The van der Waals surface area contributed by atoms with Crippen molar-refractivity contribution in [2.75, 3.05) is 20.6 Å². The van der Waals surface area contributed by atoms with E-state index < -0.39 is 16.1 Å². The molecule has 0 saturated carbocycles. The Morgan fingerprint density at radius 3 is 2.26 bits per heavy atom. The Balaban J connectivity index is 2.10. The van der Waals surface area contributed by atoms with E-state index in [0.717, 1.165) is 5.56 Å². The number of benzene rings is 1. The molecule has 148 valence electrons. The van der Waals surface area contributed by atoms with Crippen LogP contribution < -0.4 is 10.5 Å². The SMILES string of the molecule is CC(C)c1ccc(C(N)CNS(=O)(=O)c2cc(C(=O)N(C)C)n(C)c2)cc1. The fourth-order valence-electron chi connectivity index (χ4n) is 2.65. The first-order valence-corrected chi connectivity index (χ1v) is 10.2. The van der Waals surface area contributed by atoms with Gasteiger partial charge in [0.15, 0.2) is 0 Å². The van der Waals surface area contributed by atoms with Crippen molar-refractivity contribution in [3.8, 4) is 0 Å². The summed E-state index contributed by atoms with van der Waals surface area (Å²) in [5.74, 6) is 0.159. The predicted octanol–water partition coefficient (Wildman–Crippen LogP) is 1.83. The van der Waals surface area contributed by atoms with Gasteiger partial charge in [0.25, 0.3) is 5.91 Å². The van der Waals surface area contributed by atoms with Gasteiger partial charge in [0.2, 0.25) is 10.0 Å². The second-order valence-electron chi connectivity index (χ2n) is 7.15. The quantitative estimate of drug-likeness (QED) is 0.751. The molecule has 0 aliphatic carbocycles. The zero-order valence-electron chi connectivity index (χ0n) is 16.4. The van der Waals surface area contributed by atoms with Crippen LogP contribution in [0, 0.1) is 0 Å². The zero-order chi connectivity index (χ0) is 20.4. The molecule has 0 aliphatic heterocycles. The second-order valence-corrected chi connectivity index (χ2v) is 8.92. The number of hydrogen-bond donors (Lipinski definition) is 2. The van der Waals surface area contributed by atoms with Gasteiger partial charge in [-0.1, -0.05) is 38.1 Å². The van der Waals surface area contributed by atoms with E-state index in [4.69, 9.17) is 5.73 Å². The van der Waals surface area contributed by atoms with Crippen molar-refractivity contribution < 1.29 is 13.2 Å². The van der Waals surface area contributed by atoms with Gasteiger partial charge >= 0.3 is 0 Å². The molecule has 7 nitrogen and oxygen atoms in total. The molecule has 0 aliphatic rings. The average molecular weight is 393 g/mol. The van der Waals surface area contributed by atoms with Crippen LogP contribution >= 0.6 is 0 Å². The summed E-state index contributed by atoms with van der Waals surface area (Å²) in [7, 11) is 1.10. The Bertz CT molecular complexity index is 900. The molecule has 1 aromatic carbocycles. The third-order valence-corrected chi connectivity index (χ3v) is 5.83. The lowest BCUT2D eigenvalue weighted by molar-refractivity contribution is 0.0818. The maximum atomic E-state index is 12.6. The van der Waals surface area contributed by atoms with Gasteiger partial charge in [-0.05, 0) is 23.1 Å². The number of nitrogens with one attached hydrogen (secondary N) is 1. The Morgan fingerprint density at radius 1 is 1.19 bits per heavy atom. The summed E-state index contributed by atoms with van der Waals surface area (Å²) < 4.78 is 29.2. The lowest BCUT2D eigenvalue weighted by atomic mass is 9.99. The standard InChI is InChI=1S/C19H28N4O3S/c1-13(2)14-6-8-15(9-7-14)17(20)11-21-27(25,26)16-10-18(23(5)12-16)19(24)22(3)4/h6-10,12-13,17,21H,11,20H2,1-5H3. The maximum Gasteiger partial charge on any atom is 0.269 e. The van der Waals surface area contributed by atoms with E-state index in [1.165, 1.54) is 27.3 Å². The Kier molecular flexibility index (Phi) is 6.46. The van der Waals surface area contributed by atoms with E-state index in [0.29, 0.717) is 11.6 Å². The van der Waals surface area contributed by atoms with E-state index >= 15 is 0 Å². The number of rotatable bonds is 7. The molecule has 0 bridgehead atoms. The topological polar surface area (TPSA) is 97.4 Å². The molecular weight excluding hydrogens is 364 g/mol. The summed E-state index contributed by atoms with van der Waals surface area (Å²) >= 11 is 0. The Hall–Kier alpha value is -2.16. The van der Waals surface area contributed by atoms with Crippen LogP contribution in [0.5, 0.6) is 0 Å². The number of aromatic nitrogens is 1. The smallest absolute Gasteiger partial charge is 0.269 e. The Morgan fingerprint density at radius 2 is 1.74 bits per heavy atom. The number of nitrogens with two attached hydrogens (primary N) is 1. The van der Waals surface area contributed by atoms with Crippen LogP contribution in [0.25, 0.3) is 0 Å². The van der Waals surface area contributed by atoms with Gasteiger partial charge in [-0.2, -0.15) is 0 Å². The molecule has 1 heterocycles. The number of nitrogens with zero attached hydrogens (tertiary/aromatic N) is 2. The maximum absolute atomic E-state index is 12.6. The summed E-state index contributed by atoms with van der Waals surface area (Å²) in [4.78, 5) is 13.5. The molecule has 1 atom stereocenters. The lowest BCUT2D eigenvalue weighted by Gasteiger charge is -2.14. The summed E-state index contributed by atoms with van der Waals surface area (Å²) in [6.07, 6.45) is 1.42. The van der Waals surface area contributed by atoms with Gasteiger partial charge in [-0.25, -0.2) is 13.1 Å². The van der Waals surface area contributed by atoms with Crippen molar-refractivity contribution in [2.24, 2.45) is 12.8 Å². The molecule has 8 heteroatoms. The second kappa shape index (κ2) is 8.24. The molecular formula is C19H28N4O3S. The van der Waals surface area contributed by atoms with Gasteiger partial charge in [-0.15, -0.1) is 0 Å². The normalized spacial score (nSPS) is 13.0. The van der Waals surface area contributed by atoms with Crippen LogP contribution in [0.2, 0.25) is 0 Å². The van der Waals surface area contributed by atoms with E-state index in [1.807, 2.05) is 24.3 Å². The molecule has 0 saturated heterocycles. The summed E-state index contributed by atoms with van der Waals surface area (Å²) in [6.45, 7) is 4.28. The Labute approximate surface area is 161 Å². The van der Waals surface area contributed by atoms with Crippen molar-refractivity contribution in [2.45, 2.75) is 30.7 Å². The molecule has 3 N–H and O–H groups in total.